The Bertz CT molecular complexity index is 819. The Morgan fingerprint density at radius 1 is 1.14 bits per heavy atom. The van der Waals surface area contributed by atoms with Gasteiger partial charge in [-0.05, 0) is 55.4 Å². The van der Waals surface area contributed by atoms with Gasteiger partial charge in [0.1, 0.15) is 11.9 Å². The van der Waals surface area contributed by atoms with E-state index in [2.05, 4.69) is 21.6 Å². The largest absolute Gasteiger partial charge is 0.352 e. The second-order valence-electron chi connectivity index (χ2n) is 7.69. The molecule has 1 aliphatic heterocycles. The van der Waals surface area contributed by atoms with Crippen LogP contribution in [0.4, 0.5) is 4.39 Å². The molecule has 2 aromatic rings. The smallest absolute Gasteiger partial charge is 0.254 e. The molecular weight excluding hydrogens is 389 g/mol. The predicted octanol–water partition coefficient (Wildman–Crippen LogP) is 3.59. The number of likely N-dealkylation sites (tertiary alicyclic amines) is 1. The highest BCUT2D eigenvalue weighted by molar-refractivity contribution is 7.10. The Morgan fingerprint density at radius 2 is 1.86 bits per heavy atom. The Balaban J connectivity index is 1.65. The van der Waals surface area contributed by atoms with Gasteiger partial charge in [-0.3, -0.25) is 14.5 Å². The van der Waals surface area contributed by atoms with Crippen molar-refractivity contribution in [3.8, 4) is 0 Å². The number of hydrogen-bond acceptors (Lipinski definition) is 4. The predicted molar refractivity (Wildman–Crippen MR) is 113 cm³/mol. The van der Waals surface area contributed by atoms with Crippen LogP contribution < -0.4 is 10.6 Å². The number of amides is 2. The van der Waals surface area contributed by atoms with Crippen LogP contribution in [0, 0.1) is 11.7 Å². The molecule has 1 saturated heterocycles. The molecule has 7 heteroatoms. The topological polar surface area (TPSA) is 61.4 Å². The van der Waals surface area contributed by atoms with Crippen molar-refractivity contribution in [3.05, 3.63) is 58.0 Å². The van der Waals surface area contributed by atoms with Crippen molar-refractivity contribution in [1.82, 2.24) is 15.5 Å². The summed E-state index contributed by atoms with van der Waals surface area (Å²) in [6, 6.07) is 9.31. The molecule has 0 saturated carbocycles. The van der Waals surface area contributed by atoms with Crippen molar-refractivity contribution in [2.45, 2.75) is 38.8 Å². The molecule has 2 atom stereocenters. The van der Waals surface area contributed by atoms with Crippen molar-refractivity contribution in [2.24, 2.45) is 5.92 Å². The average Bonchev–Trinajstić information content (AvgIpc) is 3.40. The van der Waals surface area contributed by atoms with E-state index >= 15 is 0 Å². The molecule has 3 rings (SSSR count). The third-order valence-electron chi connectivity index (χ3n) is 5.28. The summed E-state index contributed by atoms with van der Waals surface area (Å²) < 4.78 is 13.9. The van der Waals surface area contributed by atoms with Crippen LogP contribution in [0.25, 0.3) is 0 Å². The number of nitrogens with one attached hydrogen (secondary N) is 2. The van der Waals surface area contributed by atoms with E-state index in [1.807, 2.05) is 25.3 Å². The van der Waals surface area contributed by atoms with E-state index in [9.17, 15) is 14.0 Å². The van der Waals surface area contributed by atoms with Crippen LogP contribution in [0.15, 0.2) is 41.8 Å². The lowest BCUT2D eigenvalue weighted by molar-refractivity contribution is -0.124. The number of benzene rings is 1. The molecule has 0 spiro atoms. The number of nitrogens with zero attached hydrogens (tertiary/aromatic N) is 1. The van der Waals surface area contributed by atoms with E-state index in [4.69, 9.17) is 0 Å². The summed E-state index contributed by atoms with van der Waals surface area (Å²) in [6.07, 6.45) is 2.34. The fourth-order valence-electron chi connectivity index (χ4n) is 3.65. The first kappa shape index (κ1) is 21.5. The second kappa shape index (κ2) is 9.98. The maximum atomic E-state index is 13.9. The maximum Gasteiger partial charge on any atom is 0.254 e. The van der Waals surface area contributed by atoms with Crippen molar-refractivity contribution in [1.29, 1.82) is 0 Å². The Kier molecular flexibility index (Phi) is 7.39. The molecular formula is C22H28FN3O2S. The van der Waals surface area contributed by atoms with Gasteiger partial charge in [0.2, 0.25) is 5.91 Å². The van der Waals surface area contributed by atoms with Crippen molar-refractivity contribution >= 4 is 23.2 Å². The van der Waals surface area contributed by atoms with Gasteiger partial charge in [0, 0.05) is 11.4 Å². The fraction of sp³-hybridized carbons (Fsp3) is 0.455. The number of hydrogen-bond donors (Lipinski definition) is 2. The van der Waals surface area contributed by atoms with E-state index in [-0.39, 0.29) is 23.4 Å². The van der Waals surface area contributed by atoms with Gasteiger partial charge in [-0.1, -0.05) is 32.0 Å². The van der Waals surface area contributed by atoms with Crippen LogP contribution in [0.2, 0.25) is 0 Å². The summed E-state index contributed by atoms with van der Waals surface area (Å²) in [5, 5.41) is 7.77. The Morgan fingerprint density at radius 3 is 2.48 bits per heavy atom. The molecule has 1 fully saturated rings. The quantitative estimate of drug-likeness (QED) is 0.690. The van der Waals surface area contributed by atoms with Crippen LogP contribution in [0.1, 0.15) is 48.0 Å². The summed E-state index contributed by atoms with van der Waals surface area (Å²) >= 11 is 1.69. The zero-order valence-electron chi connectivity index (χ0n) is 16.9. The first-order valence-corrected chi connectivity index (χ1v) is 11.0. The lowest BCUT2D eigenvalue weighted by Crippen LogP contribution is -2.51. The van der Waals surface area contributed by atoms with E-state index < -0.39 is 17.8 Å². The number of rotatable bonds is 8. The molecule has 29 heavy (non-hydrogen) atoms. The summed E-state index contributed by atoms with van der Waals surface area (Å²) in [4.78, 5) is 29.0. The van der Waals surface area contributed by atoms with Crippen molar-refractivity contribution < 1.29 is 14.0 Å². The maximum absolute atomic E-state index is 13.9. The molecule has 1 aromatic heterocycles. The van der Waals surface area contributed by atoms with Gasteiger partial charge in [0.05, 0.1) is 11.6 Å². The standard InChI is InChI=1S/C22H28FN3O2S/c1-15(2)20(25-21(27)16-8-3-4-9-17(16)23)22(28)24-14-18(19-10-7-13-29-19)26-11-5-6-12-26/h3-4,7-10,13,15,18,20H,5-6,11-12,14H2,1-2H3,(H,24,28)(H,25,27). The first-order valence-electron chi connectivity index (χ1n) is 10.1. The van der Waals surface area contributed by atoms with Gasteiger partial charge in [-0.2, -0.15) is 0 Å². The molecule has 2 amide bonds. The summed E-state index contributed by atoms with van der Waals surface area (Å²) in [6.45, 7) is 6.26. The van der Waals surface area contributed by atoms with Crippen LogP contribution >= 0.6 is 11.3 Å². The number of halogens is 1. The summed E-state index contributed by atoms with van der Waals surface area (Å²) in [5.74, 6) is -1.55. The summed E-state index contributed by atoms with van der Waals surface area (Å²) in [7, 11) is 0. The normalized spacial score (nSPS) is 16.6. The van der Waals surface area contributed by atoms with Crippen molar-refractivity contribution in [2.75, 3.05) is 19.6 Å². The molecule has 156 valence electrons. The number of carbonyl (C=O) groups excluding carboxylic acids is 2. The van der Waals surface area contributed by atoms with Gasteiger partial charge >= 0.3 is 0 Å². The minimum absolute atomic E-state index is 0.0560. The highest BCUT2D eigenvalue weighted by Crippen LogP contribution is 2.27. The lowest BCUT2D eigenvalue weighted by Gasteiger charge is -2.28. The second-order valence-corrected chi connectivity index (χ2v) is 8.67. The Labute approximate surface area is 175 Å². The van der Waals surface area contributed by atoms with Gasteiger partial charge in [-0.25, -0.2) is 4.39 Å². The van der Waals surface area contributed by atoms with E-state index in [1.165, 1.54) is 35.9 Å². The van der Waals surface area contributed by atoms with Gasteiger partial charge in [0.15, 0.2) is 0 Å². The SMILES string of the molecule is CC(C)C(NC(=O)c1ccccc1F)C(=O)NCC(c1cccs1)N1CCCC1. The molecule has 0 bridgehead atoms. The minimum atomic E-state index is -0.732. The number of carbonyl (C=O) groups is 2. The molecule has 1 aromatic carbocycles. The highest BCUT2D eigenvalue weighted by Gasteiger charge is 2.29. The third-order valence-corrected chi connectivity index (χ3v) is 6.25. The fourth-order valence-corrected chi connectivity index (χ4v) is 4.51. The molecule has 0 radical (unpaired) electrons. The van der Waals surface area contributed by atoms with Crippen LogP contribution in [-0.4, -0.2) is 42.4 Å². The van der Waals surface area contributed by atoms with Crippen molar-refractivity contribution in [3.63, 3.8) is 0 Å². The number of thiophene rings is 1. The van der Waals surface area contributed by atoms with Crippen LogP contribution in [0.5, 0.6) is 0 Å². The Hall–Kier alpha value is -2.25. The summed E-state index contributed by atoms with van der Waals surface area (Å²) in [5.41, 5.74) is -0.0560. The van der Waals surface area contributed by atoms with Gasteiger partial charge < -0.3 is 10.6 Å². The monoisotopic (exact) mass is 417 g/mol. The van der Waals surface area contributed by atoms with Gasteiger partial charge in [-0.15, -0.1) is 11.3 Å². The molecule has 2 N–H and O–H groups in total. The molecule has 0 aliphatic carbocycles. The molecule has 1 aliphatic rings. The van der Waals surface area contributed by atoms with E-state index in [0.29, 0.717) is 6.54 Å². The third kappa shape index (κ3) is 5.42. The highest BCUT2D eigenvalue weighted by atomic mass is 32.1. The molecule has 2 unspecified atom stereocenters. The van der Waals surface area contributed by atoms with E-state index in [0.717, 1.165) is 13.1 Å². The van der Waals surface area contributed by atoms with Gasteiger partial charge in [0.25, 0.3) is 5.91 Å². The molecule has 2 heterocycles. The van der Waals surface area contributed by atoms with Crippen LogP contribution in [-0.2, 0) is 4.79 Å². The lowest BCUT2D eigenvalue weighted by atomic mass is 10.0. The zero-order valence-corrected chi connectivity index (χ0v) is 17.7. The molecule has 5 nitrogen and oxygen atoms in total. The average molecular weight is 418 g/mol. The minimum Gasteiger partial charge on any atom is -0.352 e. The zero-order chi connectivity index (χ0) is 20.8. The van der Waals surface area contributed by atoms with Crippen LogP contribution in [0.3, 0.4) is 0 Å². The first-order chi connectivity index (χ1) is 14.0. The van der Waals surface area contributed by atoms with E-state index in [1.54, 1.807) is 17.4 Å².